The van der Waals surface area contributed by atoms with Crippen LogP contribution in [0.4, 0.5) is 5.69 Å². The first kappa shape index (κ1) is 12.0. The number of rotatable bonds is 1. The lowest BCUT2D eigenvalue weighted by molar-refractivity contribution is 0.104. The van der Waals surface area contributed by atoms with Crippen LogP contribution in [0.1, 0.15) is 27.0 Å². The molecular weight excluding hydrogens is 234 g/mol. The average Bonchev–Trinajstić information content (AvgIpc) is 2.61. The van der Waals surface area contributed by atoms with Gasteiger partial charge in [0.25, 0.3) is 0 Å². The van der Waals surface area contributed by atoms with Gasteiger partial charge >= 0.3 is 0 Å². The van der Waals surface area contributed by atoms with Crippen LogP contribution < -0.4 is 4.90 Å². The molecule has 1 aliphatic carbocycles. The number of aryl methyl sites for hydroxylation is 2. The molecule has 0 saturated heterocycles. The predicted molar refractivity (Wildman–Crippen MR) is 79.1 cm³/mol. The third kappa shape index (κ3) is 1.67. The van der Waals surface area contributed by atoms with Crippen molar-refractivity contribution in [3.8, 4) is 11.1 Å². The zero-order valence-corrected chi connectivity index (χ0v) is 11.7. The molecule has 0 aliphatic heterocycles. The average molecular weight is 251 g/mol. The summed E-state index contributed by atoms with van der Waals surface area (Å²) in [6, 6.07) is 10.3. The van der Waals surface area contributed by atoms with Gasteiger partial charge in [0.2, 0.25) is 0 Å². The highest BCUT2D eigenvalue weighted by atomic mass is 16.1. The van der Waals surface area contributed by atoms with Gasteiger partial charge in [0.05, 0.1) is 0 Å². The molecule has 0 amide bonds. The van der Waals surface area contributed by atoms with E-state index in [1.54, 1.807) is 0 Å². The molecule has 0 bridgehead atoms. The van der Waals surface area contributed by atoms with E-state index in [2.05, 4.69) is 30.0 Å². The second-order valence-electron chi connectivity index (χ2n) is 5.46. The number of hydrogen-bond acceptors (Lipinski definition) is 2. The van der Waals surface area contributed by atoms with Crippen molar-refractivity contribution in [2.24, 2.45) is 0 Å². The van der Waals surface area contributed by atoms with Gasteiger partial charge in [-0.1, -0.05) is 17.7 Å². The number of benzene rings is 2. The first-order chi connectivity index (χ1) is 8.99. The summed E-state index contributed by atoms with van der Waals surface area (Å²) in [6.07, 6.45) is 0. The van der Waals surface area contributed by atoms with Crippen LogP contribution in [0.5, 0.6) is 0 Å². The van der Waals surface area contributed by atoms with E-state index in [1.165, 1.54) is 5.69 Å². The van der Waals surface area contributed by atoms with Crippen LogP contribution >= 0.6 is 0 Å². The summed E-state index contributed by atoms with van der Waals surface area (Å²) < 4.78 is 0. The molecule has 0 fully saturated rings. The SMILES string of the molecule is Cc1ccc2c(c1)C(=O)c1cc(C)c(N(C)C)cc1-2. The maximum Gasteiger partial charge on any atom is 0.194 e. The molecule has 2 nitrogen and oxygen atoms in total. The van der Waals surface area contributed by atoms with Crippen LogP contribution in [-0.2, 0) is 0 Å². The third-order valence-electron chi connectivity index (χ3n) is 3.77. The van der Waals surface area contributed by atoms with Crippen LogP contribution in [0, 0.1) is 13.8 Å². The largest absolute Gasteiger partial charge is 0.377 e. The summed E-state index contributed by atoms with van der Waals surface area (Å²) in [6.45, 7) is 4.07. The lowest BCUT2D eigenvalue weighted by Gasteiger charge is -2.17. The predicted octanol–water partition coefficient (Wildman–Crippen LogP) is 3.58. The van der Waals surface area contributed by atoms with Crippen molar-refractivity contribution < 1.29 is 4.79 Å². The van der Waals surface area contributed by atoms with Gasteiger partial charge in [-0.05, 0) is 48.7 Å². The Hall–Kier alpha value is -2.09. The number of nitrogens with zero attached hydrogens (tertiary/aromatic N) is 1. The molecule has 0 aromatic heterocycles. The van der Waals surface area contributed by atoms with Gasteiger partial charge in [-0.3, -0.25) is 4.79 Å². The Morgan fingerprint density at radius 3 is 2.21 bits per heavy atom. The molecule has 2 aromatic carbocycles. The van der Waals surface area contributed by atoms with E-state index in [9.17, 15) is 4.79 Å². The molecule has 0 spiro atoms. The standard InChI is InChI=1S/C17H17NO/c1-10-5-6-12-13-9-16(18(3)4)11(2)8-15(13)17(19)14(12)7-10/h5-9H,1-4H3. The second-order valence-corrected chi connectivity index (χ2v) is 5.46. The van der Waals surface area contributed by atoms with Gasteiger partial charge < -0.3 is 4.90 Å². The monoisotopic (exact) mass is 251 g/mol. The van der Waals surface area contributed by atoms with Crippen molar-refractivity contribution in [3.63, 3.8) is 0 Å². The first-order valence-electron chi connectivity index (χ1n) is 6.46. The molecule has 2 aromatic rings. The van der Waals surface area contributed by atoms with Crippen molar-refractivity contribution in [2.75, 3.05) is 19.0 Å². The van der Waals surface area contributed by atoms with Crippen molar-refractivity contribution in [1.82, 2.24) is 0 Å². The highest BCUT2D eigenvalue weighted by Crippen LogP contribution is 2.40. The summed E-state index contributed by atoms with van der Waals surface area (Å²) in [4.78, 5) is 14.5. The topological polar surface area (TPSA) is 20.3 Å². The van der Waals surface area contributed by atoms with Gasteiger partial charge in [0.15, 0.2) is 5.78 Å². The minimum absolute atomic E-state index is 0.155. The molecular formula is C17H17NO. The van der Waals surface area contributed by atoms with Crippen LogP contribution in [0.25, 0.3) is 11.1 Å². The number of hydrogen-bond donors (Lipinski definition) is 0. The Kier molecular flexibility index (Phi) is 2.49. The zero-order chi connectivity index (χ0) is 13.7. The van der Waals surface area contributed by atoms with Gasteiger partial charge in [-0.15, -0.1) is 0 Å². The quantitative estimate of drug-likeness (QED) is 0.659. The first-order valence-corrected chi connectivity index (χ1v) is 6.46. The Morgan fingerprint density at radius 1 is 0.842 bits per heavy atom. The minimum Gasteiger partial charge on any atom is -0.377 e. The third-order valence-corrected chi connectivity index (χ3v) is 3.77. The van der Waals surface area contributed by atoms with E-state index in [-0.39, 0.29) is 5.78 Å². The highest BCUT2D eigenvalue weighted by Gasteiger charge is 2.27. The van der Waals surface area contributed by atoms with E-state index in [0.29, 0.717) is 0 Å². The summed E-state index contributed by atoms with van der Waals surface area (Å²) in [5, 5.41) is 0. The Balaban J connectivity index is 2.30. The fraction of sp³-hybridized carbons (Fsp3) is 0.235. The lowest BCUT2D eigenvalue weighted by atomic mass is 10.0. The maximum atomic E-state index is 12.5. The van der Waals surface area contributed by atoms with E-state index < -0.39 is 0 Å². The van der Waals surface area contributed by atoms with Gasteiger partial charge in [-0.2, -0.15) is 0 Å². The van der Waals surface area contributed by atoms with Crippen molar-refractivity contribution in [3.05, 3.63) is 52.6 Å². The number of ketones is 1. The molecule has 3 rings (SSSR count). The molecule has 0 radical (unpaired) electrons. The van der Waals surface area contributed by atoms with Gasteiger partial charge in [-0.25, -0.2) is 0 Å². The molecule has 96 valence electrons. The molecule has 2 heteroatoms. The maximum absolute atomic E-state index is 12.5. The number of anilines is 1. The van der Waals surface area contributed by atoms with Crippen molar-refractivity contribution in [1.29, 1.82) is 0 Å². The Bertz CT molecular complexity index is 699. The Labute approximate surface area is 113 Å². The fourth-order valence-corrected chi connectivity index (χ4v) is 2.81. The summed E-state index contributed by atoms with van der Waals surface area (Å²) in [5.41, 5.74) is 7.24. The minimum atomic E-state index is 0.155. The lowest BCUT2D eigenvalue weighted by Crippen LogP contribution is -2.10. The molecule has 0 N–H and O–H groups in total. The molecule has 19 heavy (non-hydrogen) atoms. The molecule has 0 heterocycles. The number of carbonyl (C=O) groups excluding carboxylic acids is 1. The molecule has 0 atom stereocenters. The molecule has 1 aliphatic rings. The van der Waals surface area contributed by atoms with E-state index in [0.717, 1.165) is 33.4 Å². The van der Waals surface area contributed by atoms with Gasteiger partial charge in [0.1, 0.15) is 0 Å². The van der Waals surface area contributed by atoms with Crippen molar-refractivity contribution in [2.45, 2.75) is 13.8 Å². The summed E-state index contributed by atoms with van der Waals surface area (Å²) in [5.74, 6) is 0.155. The van der Waals surface area contributed by atoms with Gasteiger partial charge in [0, 0.05) is 30.9 Å². The molecule has 0 unspecified atom stereocenters. The molecule has 0 saturated carbocycles. The summed E-state index contributed by atoms with van der Waals surface area (Å²) >= 11 is 0. The number of carbonyl (C=O) groups is 1. The van der Waals surface area contributed by atoms with Crippen molar-refractivity contribution >= 4 is 11.5 Å². The van der Waals surface area contributed by atoms with Crippen LogP contribution in [0.2, 0.25) is 0 Å². The van der Waals surface area contributed by atoms with Crippen LogP contribution in [0.3, 0.4) is 0 Å². The highest BCUT2D eigenvalue weighted by molar-refractivity contribution is 6.22. The van der Waals surface area contributed by atoms with E-state index >= 15 is 0 Å². The number of fused-ring (bicyclic) bond motifs is 3. The van der Waals surface area contributed by atoms with Crippen LogP contribution in [-0.4, -0.2) is 19.9 Å². The second kappa shape index (κ2) is 3.95. The van der Waals surface area contributed by atoms with E-state index in [4.69, 9.17) is 0 Å². The van der Waals surface area contributed by atoms with E-state index in [1.807, 2.05) is 33.2 Å². The normalized spacial score (nSPS) is 12.3. The fourth-order valence-electron chi connectivity index (χ4n) is 2.81. The van der Waals surface area contributed by atoms with Crippen LogP contribution in [0.15, 0.2) is 30.3 Å². The Morgan fingerprint density at radius 2 is 1.53 bits per heavy atom. The zero-order valence-electron chi connectivity index (χ0n) is 11.7. The summed E-state index contributed by atoms with van der Waals surface area (Å²) in [7, 11) is 4.06. The smallest absolute Gasteiger partial charge is 0.194 e.